The first-order valence-electron chi connectivity index (χ1n) is 6.41. The van der Waals surface area contributed by atoms with Crippen molar-refractivity contribution in [2.24, 2.45) is 0 Å². The maximum absolute atomic E-state index is 2.39. The molecule has 0 saturated carbocycles. The Labute approximate surface area is 108 Å². The fourth-order valence-electron chi connectivity index (χ4n) is 2.22. The van der Waals surface area contributed by atoms with Gasteiger partial charge in [0.2, 0.25) is 0 Å². The quantitative estimate of drug-likeness (QED) is 0.733. The van der Waals surface area contributed by atoms with Gasteiger partial charge < -0.3 is 4.90 Å². The standard InChI is InChI=1S/C15H26NP/c1-10(2)13-8-12(17-7)9-14(11(3)4)15(13)16(5)6/h8-11,17H,1-7H3. The average molecular weight is 251 g/mol. The first-order chi connectivity index (χ1) is 7.88. The van der Waals surface area contributed by atoms with E-state index in [9.17, 15) is 0 Å². The Balaban J connectivity index is 3.49. The van der Waals surface area contributed by atoms with E-state index in [1.165, 1.54) is 22.1 Å². The van der Waals surface area contributed by atoms with Gasteiger partial charge in [0, 0.05) is 19.8 Å². The normalized spacial score (nSPS) is 12.1. The Hall–Kier alpha value is -0.550. The predicted molar refractivity (Wildman–Crippen MR) is 82.8 cm³/mol. The number of benzene rings is 1. The Morgan fingerprint density at radius 2 is 1.35 bits per heavy atom. The van der Waals surface area contributed by atoms with Gasteiger partial charge in [0.05, 0.1) is 0 Å². The van der Waals surface area contributed by atoms with Gasteiger partial charge in [0.25, 0.3) is 0 Å². The number of anilines is 1. The largest absolute Gasteiger partial charge is 0.377 e. The lowest BCUT2D eigenvalue weighted by Crippen LogP contribution is -2.17. The molecule has 0 heterocycles. The fraction of sp³-hybridized carbons (Fsp3) is 0.600. The molecule has 1 atom stereocenters. The highest BCUT2D eigenvalue weighted by Crippen LogP contribution is 2.34. The molecule has 0 amide bonds. The molecule has 0 aliphatic rings. The monoisotopic (exact) mass is 251 g/mol. The lowest BCUT2D eigenvalue weighted by molar-refractivity contribution is 0.824. The summed E-state index contributed by atoms with van der Waals surface area (Å²) in [7, 11) is 5.19. The first-order valence-corrected chi connectivity index (χ1v) is 7.91. The van der Waals surface area contributed by atoms with E-state index in [0.717, 1.165) is 8.58 Å². The zero-order chi connectivity index (χ0) is 13.2. The van der Waals surface area contributed by atoms with Gasteiger partial charge in [-0.25, -0.2) is 0 Å². The third kappa shape index (κ3) is 3.22. The van der Waals surface area contributed by atoms with E-state index in [1.807, 2.05) is 0 Å². The summed E-state index contributed by atoms with van der Waals surface area (Å²) in [5.41, 5.74) is 4.41. The Kier molecular flexibility index (Phi) is 5.01. The zero-order valence-corrected chi connectivity index (χ0v) is 13.3. The predicted octanol–water partition coefficient (Wildman–Crippen LogP) is 3.93. The molecule has 0 aromatic heterocycles. The molecule has 0 spiro atoms. The van der Waals surface area contributed by atoms with Crippen molar-refractivity contribution in [2.75, 3.05) is 25.7 Å². The Morgan fingerprint density at radius 1 is 0.941 bits per heavy atom. The van der Waals surface area contributed by atoms with E-state index in [0.29, 0.717) is 11.8 Å². The lowest BCUT2D eigenvalue weighted by atomic mass is 9.92. The molecule has 1 aromatic carbocycles. The molecule has 1 nitrogen and oxygen atoms in total. The van der Waals surface area contributed by atoms with E-state index in [-0.39, 0.29) is 0 Å². The highest BCUT2D eigenvalue weighted by atomic mass is 31.1. The van der Waals surface area contributed by atoms with E-state index >= 15 is 0 Å². The van der Waals surface area contributed by atoms with Crippen LogP contribution in [0.4, 0.5) is 5.69 Å². The van der Waals surface area contributed by atoms with E-state index in [4.69, 9.17) is 0 Å². The summed E-state index contributed by atoms with van der Waals surface area (Å²) in [4.78, 5) is 2.27. The molecule has 0 fully saturated rings. The Morgan fingerprint density at radius 3 is 1.59 bits per heavy atom. The molecule has 0 aliphatic heterocycles. The van der Waals surface area contributed by atoms with Gasteiger partial charge in [0.15, 0.2) is 0 Å². The third-order valence-corrected chi connectivity index (χ3v) is 4.01. The molecule has 17 heavy (non-hydrogen) atoms. The van der Waals surface area contributed by atoms with Gasteiger partial charge in [-0.15, -0.1) is 0 Å². The minimum atomic E-state index is 0.584. The number of hydrogen-bond donors (Lipinski definition) is 0. The van der Waals surface area contributed by atoms with Crippen molar-refractivity contribution < 1.29 is 0 Å². The third-order valence-electron chi connectivity index (χ3n) is 3.15. The van der Waals surface area contributed by atoms with E-state index in [2.05, 4.69) is 65.5 Å². The van der Waals surface area contributed by atoms with Crippen molar-refractivity contribution in [1.29, 1.82) is 0 Å². The lowest BCUT2D eigenvalue weighted by Gasteiger charge is -2.26. The average Bonchev–Trinajstić information content (AvgIpc) is 2.26. The van der Waals surface area contributed by atoms with Gasteiger partial charge in [-0.1, -0.05) is 36.3 Å². The van der Waals surface area contributed by atoms with Gasteiger partial charge in [0.1, 0.15) is 0 Å². The van der Waals surface area contributed by atoms with Crippen LogP contribution < -0.4 is 10.2 Å². The Bertz CT molecular complexity index is 352. The second kappa shape index (κ2) is 5.87. The maximum atomic E-state index is 2.39. The molecular formula is C15H26NP. The van der Waals surface area contributed by atoms with Gasteiger partial charge >= 0.3 is 0 Å². The summed E-state index contributed by atoms with van der Waals surface area (Å²) < 4.78 is 0. The maximum Gasteiger partial charge on any atom is 0.0431 e. The summed E-state index contributed by atoms with van der Waals surface area (Å²) in [5.74, 6) is 1.17. The van der Waals surface area contributed by atoms with Crippen LogP contribution in [0.3, 0.4) is 0 Å². The molecule has 0 bridgehead atoms. The van der Waals surface area contributed by atoms with Crippen LogP contribution in [0.5, 0.6) is 0 Å². The van der Waals surface area contributed by atoms with Gasteiger partial charge in [-0.3, -0.25) is 0 Å². The molecule has 1 rings (SSSR count). The minimum absolute atomic E-state index is 0.584. The van der Waals surface area contributed by atoms with Crippen LogP contribution in [0.15, 0.2) is 12.1 Å². The van der Waals surface area contributed by atoms with Crippen LogP contribution in [-0.4, -0.2) is 20.8 Å². The topological polar surface area (TPSA) is 3.24 Å². The number of nitrogens with zero attached hydrogens (tertiary/aromatic N) is 1. The molecule has 1 aromatic rings. The summed E-state index contributed by atoms with van der Waals surface area (Å²) in [5, 5.41) is 1.49. The smallest absolute Gasteiger partial charge is 0.0431 e. The highest BCUT2D eigenvalue weighted by Gasteiger charge is 2.16. The minimum Gasteiger partial charge on any atom is -0.377 e. The molecule has 0 aliphatic carbocycles. The molecular weight excluding hydrogens is 225 g/mol. The van der Waals surface area contributed by atoms with Crippen molar-refractivity contribution in [3.8, 4) is 0 Å². The van der Waals surface area contributed by atoms with Crippen LogP contribution in [-0.2, 0) is 0 Å². The van der Waals surface area contributed by atoms with Crippen molar-refractivity contribution in [1.82, 2.24) is 0 Å². The molecule has 1 unspecified atom stereocenters. The summed E-state index contributed by atoms with van der Waals surface area (Å²) >= 11 is 0. The fourth-order valence-corrected chi connectivity index (χ4v) is 2.82. The molecule has 0 saturated heterocycles. The number of hydrogen-bond acceptors (Lipinski definition) is 1. The summed E-state index contributed by atoms with van der Waals surface area (Å²) in [6, 6.07) is 4.79. The van der Waals surface area contributed by atoms with Gasteiger partial charge in [-0.2, -0.15) is 0 Å². The van der Waals surface area contributed by atoms with Crippen LogP contribution in [0.2, 0.25) is 0 Å². The molecule has 96 valence electrons. The summed E-state index contributed by atoms with van der Waals surface area (Å²) in [6.07, 6.45) is 0. The molecule has 0 N–H and O–H groups in total. The van der Waals surface area contributed by atoms with Crippen molar-refractivity contribution in [3.05, 3.63) is 23.3 Å². The SMILES string of the molecule is CPc1cc(C(C)C)c(N(C)C)c(C(C)C)c1. The van der Waals surface area contributed by atoms with Crippen LogP contribution >= 0.6 is 8.58 Å². The van der Waals surface area contributed by atoms with Crippen LogP contribution in [0.1, 0.15) is 50.7 Å². The molecule has 0 radical (unpaired) electrons. The van der Waals surface area contributed by atoms with E-state index < -0.39 is 0 Å². The van der Waals surface area contributed by atoms with Gasteiger partial charge in [-0.05, 0) is 47.1 Å². The first kappa shape index (κ1) is 14.5. The van der Waals surface area contributed by atoms with E-state index in [1.54, 1.807) is 0 Å². The second-order valence-corrected chi connectivity index (χ2v) is 6.53. The second-order valence-electron chi connectivity index (χ2n) is 5.46. The number of rotatable bonds is 4. The van der Waals surface area contributed by atoms with Crippen LogP contribution in [0.25, 0.3) is 0 Å². The zero-order valence-electron chi connectivity index (χ0n) is 12.3. The van der Waals surface area contributed by atoms with Crippen molar-refractivity contribution in [2.45, 2.75) is 39.5 Å². The van der Waals surface area contributed by atoms with Crippen molar-refractivity contribution in [3.63, 3.8) is 0 Å². The van der Waals surface area contributed by atoms with Crippen molar-refractivity contribution >= 4 is 19.6 Å². The highest BCUT2D eigenvalue weighted by molar-refractivity contribution is 7.46. The summed E-state index contributed by atoms with van der Waals surface area (Å²) in [6.45, 7) is 11.4. The molecule has 2 heteroatoms. The van der Waals surface area contributed by atoms with Crippen LogP contribution in [0, 0.1) is 0 Å².